The van der Waals surface area contributed by atoms with E-state index in [-0.39, 0.29) is 41.3 Å². The Morgan fingerprint density at radius 1 is 1.09 bits per heavy atom. The van der Waals surface area contributed by atoms with Gasteiger partial charge in [0.25, 0.3) is 0 Å². The summed E-state index contributed by atoms with van der Waals surface area (Å²) in [5, 5.41) is 15.9. The Labute approximate surface area is 194 Å². The summed E-state index contributed by atoms with van der Waals surface area (Å²) in [5.41, 5.74) is -0.511. The fraction of sp³-hybridized carbons (Fsp3) is 0.800. The second-order valence-electron chi connectivity index (χ2n) is 9.92. The Bertz CT molecular complexity index is 677. The van der Waals surface area contributed by atoms with Crippen LogP contribution >= 0.6 is 0 Å². The number of nitrogens with zero attached hydrogens (tertiary/aromatic N) is 1. The van der Waals surface area contributed by atoms with Crippen LogP contribution in [0.1, 0.15) is 87.0 Å². The minimum absolute atomic E-state index is 0.0335. The largest absolute Gasteiger partial charge is 0.478 e. The van der Waals surface area contributed by atoms with Crippen molar-refractivity contribution in [3.05, 3.63) is 11.6 Å². The maximum atomic E-state index is 13.7. The highest BCUT2D eigenvalue weighted by atomic mass is 16.4. The van der Waals surface area contributed by atoms with Gasteiger partial charge < -0.3 is 20.6 Å². The van der Waals surface area contributed by atoms with Gasteiger partial charge in [0.2, 0.25) is 11.8 Å². The number of hydrogen-bond donors (Lipinski definition) is 3. The molecule has 0 heterocycles. The van der Waals surface area contributed by atoms with Gasteiger partial charge in [0.15, 0.2) is 0 Å². The SMILES string of the molecule is CCC(CC)(NC(C)C)C(=O)NC(C(=O)N(C)C(/C=C(\C)C(=O)O)C(C)C)C1CCCC1. The molecule has 32 heavy (non-hydrogen) atoms. The molecule has 1 saturated carbocycles. The van der Waals surface area contributed by atoms with Crippen LogP contribution in [0.3, 0.4) is 0 Å². The third-order valence-electron chi connectivity index (χ3n) is 6.87. The maximum absolute atomic E-state index is 13.7. The van der Waals surface area contributed by atoms with Gasteiger partial charge in [-0.1, -0.05) is 46.6 Å². The van der Waals surface area contributed by atoms with Crippen LogP contribution in [0, 0.1) is 11.8 Å². The zero-order chi connectivity index (χ0) is 24.6. The standard InChI is InChI=1S/C25H45N3O4/c1-9-25(10-2,27-17(5)6)24(32)26-21(19-13-11-12-14-19)22(29)28(8)20(16(3)4)15-18(7)23(30)31/h15-17,19-21,27H,9-14H2,1-8H3,(H,26,32)(H,30,31)/b18-15+. The number of nitrogens with one attached hydrogen (secondary N) is 2. The number of carbonyl (C=O) groups is 3. The lowest BCUT2D eigenvalue weighted by Crippen LogP contribution is -2.63. The van der Waals surface area contributed by atoms with Crippen LogP contribution in [-0.2, 0) is 14.4 Å². The first-order valence-electron chi connectivity index (χ1n) is 12.2. The number of amides is 2. The summed E-state index contributed by atoms with van der Waals surface area (Å²) in [5.74, 6) is -1.15. The molecule has 0 aromatic carbocycles. The quantitative estimate of drug-likeness (QED) is 0.393. The molecule has 184 valence electrons. The van der Waals surface area contributed by atoms with Crippen LogP contribution in [0.15, 0.2) is 11.6 Å². The molecule has 0 saturated heterocycles. The number of carbonyl (C=O) groups excluding carboxylic acids is 2. The van der Waals surface area contributed by atoms with Crippen LogP contribution in [0.25, 0.3) is 0 Å². The molecule has 0 radical (unpaired) electrons. The predicted octanol–water partition coefficient (Wildman–Crippen LogP) is 3.73. The van der Waals surface area contributed by atoms with E-state index < -0.39 is 17.6 Å². The van der Waals surface area contributed by atoms with Gasteiger partial charge in [-0.25, -0.2) is 4.79 Å². The molecule has 7 nitrogen and oxygen atoms in total. The smallest absolute Gasteiger partial charge is 0.331 e. The highest BCUT2D eigenvalue weighted by Gasteiger charge is 2.41. The average Bonchev–Trinajstić information content (AvgIpc) is 3.26. The van der Waals surface area contributed by atoms with E-state index in [2.05, 4.69) is 10.6 Å². The van der Waals surface area contributed by atoms with Crippen molar-refractivity contribution < 1.29 is 19.5 Å². The van der Waals surface area contributed by atoms with Crippen LogP contribution in [-0.4, -0.2) is 58.5 Å². The first kappa shape index (κ1) is 28.1. The third kappa shape index (κ3) is 7.06. The third-order valence-corrected chi connectivity index (χ3v) is 6.87. The molecule has 0 aromatic rings. The van der Waals surface area contributed by atoms with Gasteiger partial charge in [0, 0.05) is 18.7 Å². The lowest BCUT2D eigenvalue weighted by Gasteiger charge is -2.38. The molecule has 3 N–H and O–H groups in total. The van der Waals surface area contributed by atoms with Gasteiger partial charge in [0.05, 0.1) is 11.6 Å². The Balaban J connectivity index is 3.25. The molecular formula is C25H45N3O4. The molecule has 7 heteroatoms. The molecule has 0 bridgehead atoms. The number of likely N-dealkylation sites (N-methyl/N-ethyl adjacent to an activating group) is 1. The molecule has 1 aliphatic carbocycles. The van der Waals surface area contributed by atoms with Crippen molar-refractivity contribution in [3.63, 3.8) is 0 Å². The summed E-state index contributed by atoms with van der Waals surface area (Å²) in [6, 6.07) is -0.838. The summed E-state index contributed by atoms with van der Waals surface area (Å²) < 4.78 is 0. The summed E-state index contributed by atoms with van der Waals surface area (Å²) in [7, 11) is 1.71. The minimum Gasteiger partial charge on any atom is -0.478 e. The van der Waals surface area contributed by atoms with Crippen molar-refractivity contribution in [2.45, 2.75) is 111 Å². The van der Waals surface area contributed by atoms with E-state index in [9.17, 15) is 19.5 Å². The molecule has 0 aromatic heterocycles. The Kier molecular flexibility index (Phi) is 10.9. The van der Waals surface area contributed by atoms with E-state index in [0.717, 1.165) is 25.7 Å². The molecule has 0 aliphatic heterocycles. The summed E-state index contributed by atoms with van der Waals surface area (Å²) >= 11 is 0. The van der Waals surface area contributed by atoms with Gasteiger partial charge in [0.1, 0.15) is 6.04 Å². The Morgan fingerprint density at radius 3 is 2.03 bits per heavy atom. The molecular weight excluding hydrogens is 406 g/mol. The normalized spacial score (nSPS) is 17.5. The Morgan fingerprint density at radius 2 is 1.62 bits per heavy atom. The average molecular weight is 452 g/mol. The number of hydrogen-bond acceptors (Lipinski definition) is 4. The van der Waals surface area contributed by atoms with E-state index in [1.54, 1.807) is 24.9 Å². The van der Waals surface area contributed by atoms with Gasteiger partial charge in [-0.05, 0) is 58.3 Å². The maximum Gasteiger partial charge on any atom is 0.331 e. The first-order valence-corrected chi connectivity index (χ1v) is 12.2. The number of aliphatic carboxylic acids is 1. The van der Waals surface area contributed by atoms with Crippen molar-refractivity contribution in [2.24, 2.45) is 11.8 Å². The number of carboxylic acid groups (broad SMARTS) is 1. The van der Waals surface area contributed by atoms with Crippen molar-refractivity contribution in [1.82, 2.24) is 15.5 Å². The molecule has 1 aliphatic rings. The van der Waals surface area contributed by atoms with Crippen molar-refractivity contribution in [2.75, 3.05) is 7.05 Å². The molecule has 2 atom stereocenters. The van der Waals surface area contributed by atoms with E-state index in [1.807, 2.05) is 41.5 Å². The van der Waals surface area contributed by atoms with Crippen molar-refractivity contribution in [1.29, 1.82) is 0 Å². The highest BCUT2D eigenvalue weighted by molar-refractivity contribution is 5.92. The van der Waals surface area contributed by atoms with E-state index >= 15 is 0 Å². The van der Waals surface area contributed by atoms with Crippen molar-refractivity contribution >= 4 is 17.8 Å². The predicted molar refractivity (Wildman–Crippen MR) is 128 cm³/mol. The number of carboxylic acids is 1. The van der Waals surface area contributed by atoms with Crippen LogP contribution < -0.4 is 10.6 Å². The van der Waals surface area contributed by atoms with Gasteiger partial charge in [-0.2, -0.15) is 0 Å². The molecule has 1 rings (SSSR count). The fourth-order valence-corrected chi connectivity index (χ4v) is 4.79. The summed E-state index contributed by atoms with van der Waals surface area (Å²) in [4.78, 5) is 40.2. The van der Waals surface area contributed by atoms with Crippen LogP contribution in [0.4, 0.5) is 0 Å². The fourth-order valence-electron chi connectivity index (χ4n) is 4.79. The molecule has 0 spiro atoms. The first-order chi connectivity index (χ1) is 14.9. The van der Waals surface area contributed by atoms with E-state index in [0.29, 0.717) is 12.8 Å². The zero-order valence-corrected chi connectivity index (χ0v) is 21.3. The summed E-state index contributed by atoms with van der Waals surface area (Å²) in [6.07, 6.45) is 6.82. The molecule has 1 fully saturated rings. The monoisotopic (exact) mass is 451 g/mol. The van der Waals surface area contributed by atoms with Gasteiger partial charge >= 0.3 is 5.97 Å². The molecule has 2 amide bonds. The topological polar surface area (TPSA) is 98.7 Å². The second-order valence-corrected chi connectivity index (χ2v) is 9.92. The lowest BCUT2D eigenvalue weighted by molar-refractivity contribution is -0.140. The van der Waals surface area contributed by atoms with Gasteiger partial charge in [-0.3, -0.25) is 9.59 Å². The molecule has 2 unspecified atom stereocenters. The minimum atomic E-state index is -0.993. The van der Waals surface area contributed by atoms with Crippen LogP contribution in [0.2, 0.25) is 0 Å². The Hall–Kier alpha value is -1.89. The second kappa shape index (κ2) is 12.4. The van der Waals surface area contributed by atoms with Gasteiger partial charge in [-0.15, -0.1) is 0 Å². The van der Waals surface area contributed by atoms with E-state index in [4.69, 9.17) is 0 Å². The van der Waals surface area contributed by atoms with E-state index in [1.165, 1.54) is 0 Å². The number of rotatable bonds is 12. The summed E-state index contributed by atoms with van der Waals surface area (Å²) in [6.45, 7) is 13.5. The lowest BCUT2D eigenvalue weighted by atomic mass is 9.88. The zero-order valence-electron chi connectivity index (χ0n) is 21.3. The highest BCUT2D eigenvalue weighted by Crippen LogP contribution is 2.30. The van der Waals surface area contributed by atoms with Crippen molar-refractivity contribution in [3.8, 4) is 0 Å². The van der Waals surface area contributed by atoms with Crippen LogP contribution in [0.5, 0.6) is 0 Å².